The molecule has 0 saturated carbocycles. The molecule has 0 aromatic carbocycles. The SMILES string of the molecule is C=C(C)CN(CC)C(C)CNCC. The highest BCUT2D eigenvalue weighted by Gasteiger charge is 2.10. The van der Waals surface area contributed by atoms with Gasteiger partial charge in [0.15, 0.2) is 0 Å². The third-order valence-electron chi connectivity index (χ3n) is 2.19. The highest BCUT2D eigenvalue weighted by atomic mass is 15.2. The molecule has 0 heterocycles. The quantitative estimate of drug-likeness (QED) is 0.608. The van der Waals surface area contributed by atoms with E-state index in [1.165, 1.54) is 5.57 Å². The number of hydrogen-bond donors (Lipinski definition) is 1. The van der Waals surface area contributed by atoms with E-state index >= 15 is 0 Å². The first-order valence-electron chi connectivity index (χ1n) is 5.20. The Kier molecular flexibility index (Phi) is 6.92. The summed E-state index contributed by atoms with van der Waals surface area (Å²) < 4.78 is 0. The smallest absolute Gasteiger partial charge is 0.0195 e. The second-order valence-electron chi connectivity index (χ2n) is 3.68. The Labute approximate surface area is 83.0 Å². The molecule has 13 heavy (non-hydrogen) atoms. The second-order valence-corrected chi connectivity index (χ2v) is 3.68. The van der Waals surface area contributed by atoms with E-state index in [2.05, 4.69) is 44.5 Å². The van der Waals surface area contributed by atoms with Crippen LogP contribution in [0.25, 0.3) is 0 Å². The lowest BCUT2D eigenvalue weighted by Gasteiger charge is -2.28. The van der Waals surface area contributed by atoms with Gasteiger partial charge in [0.1, 0.15) is 0 Å². The number of nitrogens with one attached hydrogen (secondary N) is 1. The lowest BCUT2D eigenvalue weighted by atomic mass is 10.2. The zero-order valence-corrected chi connectivity index (χ0v) is 9.56. The van der Waals surface area contributed by atoms with Gasteiger partial charge in [0, 0.05) is 19.1 Å². The van der Waals surface area contributed by atoms with E-state index in [1.807, 2.05) is 0 Å². The van der Waals surface area contributed by atoms with Crippen molar-refractivity contribution in [1.29, 1.82) is 0 Å². The molecule has 0 aromatic rings. The van der Waals surface area contributed by atoms with Crippen LogP contribution in [0.2, 0.25) is 0 Å². The van der Waals surface area contributed by atoms with E-state index in [0.717, 1.165) is 26.2 Å². The summed E-state index contributed by atoms with van der Waals surface area (Å²) in [7, 11) is 0. The Morgan fingerprint density at radius 3 is 2.46 bits per heavy atom. The lowest BCUT2D eigenvalue weighted by molar-refractivity contribution is 0.233. The van der Waals surface area contributed by atoms with Crippen LogP contribution in [0.3, 0.4) is 0 Å². The maximum absolute atomic E-state index is 3.94. The molecule has 0 spiro atoms. The minimum atomic E-state index is 0.599. The molecule has 0 bridgehead atoms. The Morgan fingerprint density at radius 1 is 1.46 bits per heavy atom. The van der Waals surface area contributed by atoms with E-state index in [0.29, 0.717) is 6.04 Å². The fourth-order valence-electron chi connectivity index (χ4n) is 1.41. The fraction of sp³-hybridized carbons (Fsp3) is 0.818. The van der Waals surface area contributed by atoms with Gasteiger partial charge in [0.2, 0.25) is 0 Å². The van der Waals surface area contributed by atoms with Gasteiger partial charge in [-0.1, -0.05) is 26.0 Å². The van der Waals surface area contributed by atoms with Crippen molar-refractivity contribution < 1.29 is 0 Å². The van der Waals surface area contributed by atoms with Gasteiger partial charge < -0.3 is 5.32 Å². The van der Waals surface area contributed by atoms with E-state index in [9.17, 15) is 0 Å². The van der Waals surface area contributed by atoms with Crippen molar-refractivity contribution in [3.8, 4) is 0 Å². The van der Waals surface area contributed by atoms with Crippen LogP contribution >= 0.6 is 0 Å². The van der Waals surface area contributed by atoms with Crippen LogP contribution < -0.4 is 5.32 Å². The minimum Gasteiger partial charge on any atom is -0.315 e. The molecule has 1 N–H and O–H groups in total. The zero-order valence-electron chi connectivity index (χ0n) is 9.56. The first-order chi connectivity index (χ1) is 6.11. The predicted octanol–water partition coefficient (Wildman–Crippen LogP) is 1.88. The minimum absolute atomic E-state index is 0.599. The third-order valence-corrected chi connectivity index (χ3v) is 2.19. The van der Waals surface area contributed by atoms with Crippen LogP contribution in [0, 0.1) is 0 Å². The number of rotatable bonds is 7. The zero-order chi connectivity index (χ0) is 10.3. The van der Waals surface area contributed by atoms with Gasteiger partial charge in [-0.15, -0.1) is 0 Å². The second kappa shape index (κ2) is 7.10. The summed E-state index contributed by atoms with van der Waals surface area (Å²) in [6, 6.07) is 0.599. The van der Waals surface area contributed by atoms with Crippen LogP contribution in [0.4, 0.5) is 0 Å². The molecule has 0 rings (SSSR count). The number of hydrogen-bond acceptors (Lipinski definition) is 2. The molecule has 1 unspecified atom stereocenters. The summed E-state index contributed by atoms with van der Waals surface area (Å²) in [5.74, 6) is 0. The molecule has 0 radical (unpaired) electrons. The highest BCUT2D eigenvalue weighted by Crippen LogP contribution is 2.01. The molecule has 2 nitrogen and oxygen atoms in total. The Balaban J connectivity index is 3.84. The average molecular weight is 184 g/mol. The van der Waals surface area contributed by atoms with Gasteiger partial charge in [0.05, 0.1) is 0 Å². The van der Waals surface area contributed by atoms with Gasteiger partial charge in [-0.2, -0.15) is 0 Å². The van der Waals surface area contributed by atoms with Crippen LogP contribution in [0.5, 0.6) is 0 Å². The summed E-state index contributed by atoms with van der Waals surface area (Å²) >= 11 is 0. The van der Waals surface area contributed by atoms with E-state index in [1.54, 1.807) is 0 Å². The highest BCUT2D eigenvalue weighted by molar-refractivity contribution is 4.92. The van der Waals surface area contributed by atoms with Crippen LogP contribution in [0.1, 0.15) is 27.7 Å². The normalized spacial score (nSPS) is 13.3. The monoisotopic (exact) mass is 184 g/mol. The summed E-state index contributed by atoms with van der Waals surface area (Å²) in [5, 5.41) is 3.36. The first kappa shape index (κ1) is 12.7. The van der Waals surface area contributed by atoms with Crippen LogP contribution in [-0.4, -0.2) is 37.1 Å². The molecule has 78 valence electrons. The Bertz CT molecular complexity index is 143. The fourth-order valence-corrected chi connectivity index (χ4v) is 1.41. The standard InChI is InChI=1S/C11H24N2/c1-6-12-8-11(5)13(7-2)9-10(3)4/h11-12H,3,6-9H2,1-2,4-5H3. The van der Waals surface area contributed by atoms with Crippen LogP contribution in [-0.2, 0) is 0 Å². The molecule has 2 heteroatoms. The maximum atomic E-state index is 3.94. The first-order valence-corrected chi connectivity index (χ1v) is 5.20. The molecular formula is C11H24N2. The summed E-state index contributed by atoms with van der Waals surface area (Å²) in [6.07, 6.45) is 0. The van der Waals surface area contributed by atoms with Crippen molar-refractivity contribution in [2.75, 3.05) is 26.2 Å². The largest absolute Gasteiger partial charge is 0.315 e. The summed E-state index contributed by atoms with van der Waals surface area (Å²) in [6.45, 7) is 16.9. The molecule has 0 aliphatic carbocycles. The van der Waals surface area contributed by atoms with Gasteiger partial charge in [-0.3, -0.25) is 4.90 Å². The molecule has 0 aliphatic rings. The van der Waals surface area contributed by atoms with E-state index in [4.69, 9.17) is 0 Å². The molecule has 0 fully saturated rings. The summed E-state index contributed by atoms with van der Waals surface area (Å²) in [5.41, 5.74) is 1.24. The van der Waals surface area contributed by atoms with Gasteiger partial charge >= 0.3 is 0 Å². The molecule has 1 atom stereocenters. The third kappa shape index (κ3) is 5.83. The van der Waals surface area contributed by atoms with Gasteiger partial charge in [-0.25, -0.2) is 0 Å². The molecule has 0 amide bonds. The maximum Gasteiger partial charge on any atom is 0.0195 e. The van der Waals surface area contributed by atoms with Gasteiger partial charge in [-0.05, 0) is 26.9 Å². The van der Waals surface area contributed by atoms with Crippen LogP contribution in [0.15, 0.2) is 12.2 Å². The van der Waals surface area contributed by atoms with Crippen molar-refractivity contribution in [3.05, 3.63) is 12.2 Å². The van der Waals surface area contributed by atoms with Crippen molar-refractivity contribution >= 4 is 0 Å². The van der Waals surface area contributed by atoms with Crippen molar-refractivity contribution in [2.24, 2.45) is 0 Å². The van der Waals surface area contributed by atoms with Crippen molar-refractivity contribution in [3.63, 3.8) is 0 Å². The Hall–Kier alpha value is -0.340. The Morgan fingerprint density at radius 2 is 2.08 bits per heavy atom. The lowest BCUT2D eigenvalue weighted by Crippen LogP contribution is -2.41. The van der Waals surface area contributed by atoms with E-state index < -0.39 is 0 Å². The van der Waals surface area contributed by atoms with Gasteiger partial charge in [0.25, 0.3) is 0 Å². The number of nitrogens with zero attached hydrogens (tertiary/aromatic N) is 1. The van der Waals surface area contributed by atoms with E-state index in [-0.39, 0.29) is 0 Å². The average Bonchev–Trinajstić information content (AvgIpc) is 2.09. The number of likely N-dealkylation sites (N-methyl/N-ethyl adjacent to an activating group) is 2. The predicted molar refractivity (Wildman–Crippen MR) is 60.1 cm³/mol. The molecule has 0 aromatic heterocycles. The molecule has 0 saturated heterocycles. The molecule has 0 aliphatic heterocycles. The molecular weight excluding hydrogens is 160 g/mol. The van der Waals surface area contributed by atoms with Crippen molar-refractivity contribution in [1.82, 2.24) is 10.2 Å². The topological polar surface area (TPSA) is 15.3 Å². The summed E-state index contributed by atoms with van der Waals surface area (Å²) in [4.78, 5) is 2.44. The van der Waals surface area contributed by atoms with Crippen molar-refractivity contribution in [2.45, 2.75) is 33.7 Å².